The van der Waals surface area contributed by atoms with Gasteiger partial charge in [-0.15, -0.1) is 0 Å². The Balaban J connectivity index is 2.06. The molecule has 3 N–H and O–H groups in total. The van der Waals surface area contributed by atoms with Crippen LogP contribution in [0.15, 0.2) is 48.7 Å². The molecule has 5 nitrogen and oxygen atoms in total. The summed E-state index contributed by atoms with van der Waals surface area (Å²) in [5.41, 5.74) is 1.46. The van der Waals surface area contributed by atoms with E-state index in [-0.39, 0.29) is 12.6 Å². The third-order valence-corrected chi connectivity index (χ3v) is 3.66. The van der Waals surface area contributed by atoms with Gasteiger partial charge in [0.1, 0.15) is 5.69 Å². The second kappa shape index (κ2) is 8.14. The molecule has 0 aliphatic carbocycles. The molecule has 0 saturated carbocycles. The molecule has 0 spiro atoms. The number of rotatable bonds is 4. The minimum absolute atomic E-state index is 0.119. The van der Waals surface area contributed by atoms with Gasteiger partial charge in [0.15, 0.2) is 0 Å². The van der Waals surface area contributed by atoms with Gasteiger partial charge in [0.05, 0.1) is 12.1 Å². The molecule has 1 unspecified atom stereocenters. The number of benzene rings is 1. The number of anilines is 1. The molecule has 1 aromatic carbocycles. The molecule has 2 amide bonds. The Morgan fingerprint density at radius 3 is 2.75 bits per heavy atom. The van der Waals surface area contributed by atoms with Crippen LogP contribution >= 0.6 is 0 Å². The Kier molecular flexibility index (Phi) is 5.94. The van der Waals surface area contributed by atoms with Gasteiger partial charge in [-0.3, -0.25) is 0 Å². The summed E-state index contributed by atoms with van der Waals surface area (Å²) in [6.07, 6.45) is 2.32. The van der Waals surface area contributed by atoms with Crippen molar-refractivity contribution in [3.63, 3.8) is 0 Å². The molecule has 1 aromatic heterocycles. The lowest BCUT2D eigenvalue weighted by atomic mass is 10.0. The maximum absolute atomic E-state index is 12.1. The van der Waals surface area contributed by atoms with Crippen LogP contribution in [0.5, 0.6) is 0 Å². The van der Waals surface area contributed by atoms with Crippen molar-refractivity contribution in [2.24, 2.45) is 0 Å². The number of hydrogen-bond donors (Lipinski definition) is 3. The van der Waals surface area contributed by atoms with E-state index in [0.29, 0.717) is 17.8 Å². The zero-order chi connectivity index (χ0) is 17.4. The lowest BCUT2D eigenvalue weighted by molar-refractivity contribution is 0.172. The largest absolute Gasteiger partial charge is 0.394 e. The van der Waals surface area contributed by atoms with E-state index in [1.54, 1.807) is 25.3 Å². The molecule has 0 radical (unpaired) electrons. The summed E-state index contributed by atoms with van der Waals surface area (Å²) < 4.78 is 0. The van der Waals surface area contributed by atoms with Crippen LogP contribution < -0.4 is 10.6 Å². The molecule has 2 aromatic rings. The summed E-state index contributed by atoms with van der Waals surface area (Å²) in [6.45, 7) is 3.58. The van der Waals surface area contributed by atoms with Gasteiger partial charge >= 0.3 is 6.03 Å². The average molecular weight is 323 g/mol. The highest BCUT2D eigenvalue weighted by Crippen LogP contribution is 2.12. The van der Waals surface area contributed by atoms with Crippen molar-refractivity contribution in [1.82, 2.24) is 10.3 Å². The number of carbonyl (C=O) groups excluding carboxylic acids is 1. The predicted octanol–water partition coefficient (Wildman–Crippen LogP) is 2.76. The SMILES string of the molecule is CCC(C)(CO)NC(=O)Nc1cccc(C#Cc2ccccn2)c1. The van der Waals surface area contributed by atoms with Crippen molar-refractivity contribution in [2.75, 3.05) is 11.9 Å². The van der Waals surface area contributed by atoms with Gasteiger partial charge in [-0.2, -0.15) is 0 Å². The van der Waals surface area contributed by atoms with Gasteiger partial charge in [0, 0.05) is 17.4 Å². The first-order valence-corrected chi connectivity index (χ1v) is 7.78. The first-order valence-electron chi connectivity index (χ1n) is 7.78. The maximum Gasteiger partial charge on any atom is 0.319 e. The molecular formula is C19H21N3O2. The van der Waals surface area contributed by atoms with Gasteiger partial charge in [0.2, 0.25) is 0 Å². The Morgan fingerprint density at radius 1 is 1.25 bits per heavy atom. The maximum atomic E-state index is 12.1. The number of amides is 2. The topological polar surface area (TPSA) is 74.2 Å². The number of urea groups is 1. The number of aliphatic hydroxyl groups excluding tert-OH is 1. The van der Waals surface area contributed by atoms with E-state index in [9.17, 15) is 9.90 Å². The zero-order valence-electron chi connectivity index (χ0n) is 13.8. The van der Waals surface area contributed by atoms with E-state index in [1.807, 2.05) is 37.3 Å². The molecule has 0 aliphatic heterocycles. The molecule has 0 fully saturated rings. The molecule has 24 heavy (non-hydrogen) atoms. The van der Waals surface area contributed by atoms with Gasteiger partial charge in [0.25, 0.3) is 0 Å². The second-order valence-electron chi connectivity index (χ2n) is 5.70. The highest BCUT2D eigenvalue weighted by atomic mass is 16.3. The van der Waals surface area contributed by atoms with Crippen molar-refractivity contribution in [3.8, 4) is 11.8 Å². The van der Waals surface area contributed by atoms with Gasteiger partial charge in [-0.05, 0) is 49.6 Å². The first-order chi connectivity index (χ1) is 11.5. The van der Waals surface area contributed by atoms with Crippen molar-refractivity contribution >= 4 is 11.7 Å². The molecule has 2 rings (SSSR count). The van der Waals surface area contributed by atoms with Gasteiger partial charge in [-0.1, -0.05) is 25.0 Å². The summed E-state index contributed by atoms with van der Waals surface area (Å²) in [5.74, 6) is 6.00. The van der Waals surface area contributed by atoms with Crippen LogP contribution in [0.25, 0.3) is 0 Å². The monoisotopic (exact) mass is 323 g/mol. The Labute approximate surface area is 142 Å². The van der Waals surface area contributed by atoms with Crippen molar-refractivity contribution in [1.29, 1.82) is 0 Å². The van der Waals surface area contributed by atoms with E-state index in [0.717, 1.165) is 5.56 Å². The Bertz CT molecular complexity index is 744. The van der Waals surface area contributed by atoms with Gasteiger partial charge < -0.3 is 15.7 Å². The number of hydrogen-bond acceptors (Lipinski definition) is 3. The van der Waals surface area contributed by atoms with E-state index in [4.69, 9.17) is 0 Å². The zero-order valence-corrected chi connectivity index (χ0v) is 13.8. The fourth-order valence-electron chi connectivity index (χ4n) is 1.92. The van der Waals surface area contributed by atoms with E-state index < -0.39 is 5.54 Å². The van der Waals surface area contributed by atoms with Gasteiger partial charge in [-0.25, -0.2) is 9.78 Å². The number of carbonyl (C=O) groups is 1. The summed E-state index contributed by atoms with van der Waals surface area (Å²) in [6, 6.07) is 12.5. The molecule has 124 valence electrons. The third kappa shape index (κ3) is 5.11. The number of aliphatic hydroxyl groups is 1. The highest BCUT2D eigenvalue weighted by molar-refractivity contribution is 5.90. The lowest BCUT2D eigenvalue weighted by Crippen LogP contribution is -2.50. The highest BCUT2D eigenvalue weighted by Gasteiger charge is 2.23. The molecular weight excluding hydrogens is 302 g/mol. The predicted molar refractivity (Wildman–Crippen MR) is 94.6 cm³/mol. The number of nitrogens with one attached hydrogen (secondary N) is 2. The smallest absolute Gasteiger partial charge is 0.319 e. The molecule has 1 heterocycles. The van der Waals surface area contributed by atoms with Crippen LogP contribution in [0.2, 0.25) is 0 Å². The average Bonchev–Trinajstić information content (AvgIpc) is 2.61. The number of aromatic nitrogens is 1. The molecule has 5 heteroatoms. The minimum atomic E-state index is -0.638. The second-order valence-corrected chi connectivity index (χ2v) is 5.70. The molecule has 1 atom stereocenters. The standard InChI is InChI=1S/C19H21N3O2/c1-3-19(2,14-23)22-18(24)21-17-9-6-7-15(13-17)10-11-16-8-4-5-12-20-16/h4-9,12-13,23H,3,14H2,1-2H3,(H2,21,22,24). The Morgan fingerprint density at radius 2 is 2.08 bits per heavy atom. The molecule has 0 aliphatic rings. The fourth-order valence-corrected chi connectivity index (χ4v) is 1.92. The van der Waals surface area contributed by atoms with E-state index in [2.05, 4.69) is 27.5 Å². The van der Waals surface area contributed by atoms with Crippen LogP contribution in [0.3, 0.4) is 0 Å². The fraction of sp³-hybridized carbons (Fsp3) is 0.263. The van der Waals surface area contributed by atoms with Crippen LogP contribution in [0.4, 0.5) is 10.5 Å². The van der Waals surface area contributed by atoms with Crippen molar-refractivity contribution in [2.45, 2.75) is 25.8 Å². The van der Waals surface area contributed by atoms with Crippen LogP contribution in [-0.2, 0) is 0 Å². The summed E-state index contributed by atoms with van der Waals surface area (Å²) in [4.78, 5) is 16.2. The third-order valence-electron chi connectivity index (χ3n) is 3.66. The minimum Gasteiger partial charge on any atom is -0.394 e. The summed E-state index contributed by atoms with van der Waals surface area (Å²) >= 11 is 0. The van der Waals surface area contributed by atoms with Crippen LogP contribution in [-0.4, -0.2) is 28.3 Å². The molecule has 0 bridgehead atoms. The quantitative estimate of drug-likeness (QED) is 0.758. The normalized spacial score (nSPS) is 12.5. The van der Waals surface area contributed by atoms with Crippen molar-refractivity contribution in [3.05, 3.63) is 59.9 Å². The summed E-state index contributed by atoms with van der Waals surface area (Å²) in [7, 11) is 0. The Hall–Kier alpha value is -2.84. The van der Waals surface area contributed by atoms with E-state index in [1.165, 1.54) is 0 Å². The van der Waals surface area contributed by atoms with Crippen LogP contribution in [0, 0.1) is 11.8 Å². The summed E-state index contributed by atoms with van der Waals surface area (Å²) in [5, 5.41) is 14.9. The van der Waals surface area contributed by atoms with Crippen LogP contribution in [0.1, 0.15) is 31.5 Å². The lowest BCUT2D eigenvalue weighted by Gasteiger charge is -2.27. The van der Waals surface area contributed by atoms with E-state index >= 15 is 0 Å². The van der Waals surface area contributed by atoms with Crippen molar-refractivity contribution < 1.29 is 9.90 Å². The number of nitrogens with zero attached hydrogens (tertiary/aromatic N) is 1. The molecule has 0 saturated heterocycles. The number of pyridine rings is 1. The first kappa shape index (κ1) is 17.5.